The number of hydrogen-bond acceptors (Lipinski definition) is 3. The van der Waals surface area contributed by atoms with E-state index < -0.39 is 0 Å². The molecule has 0 radical (unpaired) electrons. The lowest BCUT2D eigenvalue weighted by atomic mass is 9.67. The number of benzene rings is 1. The zero-order valence-electron chi connectivity index (χ0n) is 24.5. The Hall–Kier alpha value is -2.21. The summed E-state index contributed by atoms with van der Waals surface area (Å²) in [6.45, 7) is 4.54. The standard InChI is InChI=1S/C35H53N3/c1-3-5-7-9-11-13-15-17-30-27-37-34(38-28-30)33-20-18-31(19-21-33)32-22-25-35(29-36,26-23-32)24-16-14-12-10-8-6-4-2/h18-21,27-28,32H,3-17,22-26H2,1-2H3/t32-,35-. The highest BCUT2D eigenvalue weighted by molar-refractivity contribution is 5.55. The van der Waals surface area contributed by atoms with Crippen LogP contribution in [0.3, 0.4) is 0 Å². The van der Waals surface area contributed by atoms with Gasteiger partial charge in [-0.1, -0.05) is 122 Å². The van der Waals surface area contributed by atoms with Crippen LogP contribution < -0.4 is 0 Å². The molecule has 1 aliphatic carbocycles. The van der Waals surface area contributed by atoms with Gasteiger partial charge < -0.3 is 0 Å². The van der Waals surface area contributed by atoms with Gasteiger partial charge in [0.1, 0.15) is 0 Å². The van der Waals surface area contributed by atoms with Crippen molar-refractivity contribution in [2.75, 3.05) is 0 Å². The second-order valence-corrected chi connectivity index (χ2v) is 11.9. The van der Waals surface area contributed by atoms with Crippen LogP contribution >= 0.6 is 0 Å². The molecule has 1 saturated carbocycles. The smallest absolute Gasteiger partial charge is 0.159 e. The van der Waals surface area contributed by atoms with Gasteiger partial charge in [-0.3, -0.25) is 0 Å². The first-order chi connectivity index (χ1) is 18.7. The zero-order valence-corrected chi connectivity index (χ0v) is 24.5. The molecule has 0 bridgehead atoms. The van der Waals surface area contributed by atoms with Crippen molar-refractivity contribution in [2.24, 2.45) is 5.41 Å². The first kappa shape index (κ1) is 30.3. The molecule has 1 heterocycles. The van der Waals surface area contributed by atoms with Gasteiger partial charge in [0, 0.05) is 18.0 Å². The largest absolute Gasteiger partial charge is 0.236 e. The molecule has 2 aromatic rings. The van der Waals surface area contributed by atoms with Gasteiger partial charge in [0.25, 0.3) is 0 Å². The first-order valence-electron chi connectivity index (χ1n) is 16.0. The molecular weight excluding hydrogens is 462 g/mol. The minimum absolute atomic E-state index is 0.0789. The van der Waals surface area contributed by atoms with Gasteiger partial charge in [-0.25, -0.2) is 9.97 Å². The topological polar surface area (TPSA) is 49.6 Å². The van der Waals surface area contributed by atoms with E-state index in [0.717, 1.165) is 49.9 Å². The fourth-order valence-corrected chi connectivity index (χ4v) is 6.17. The molecule has 0 amide bonds. The van der Waals surface area contributed by atoms with Crippen molar-refractivity contribution in [1.29, 1.82) is 5.26 Å². The summed E-state index contributed by atoms with van der Waals surface area (Å²) in [4.78, 5) is 9.34. The summed E-state index contributed by atoms with van der Waals surface area (Å²) in [5.41, 5.74) is 3.67. The lowest BCUT2D eigenvalue weighted by Gasteiger charge is -2.35. The Morgan fingerprint density at radius 2 is 1.26 bits per heavy atom. The lowest BCUT2D eigenvalue weighted by molar-refractivity contribution is 0.223. The molecule has 208 valence electrons. The molecule has 0 spiro atoms. The summed E-state index contributed by atoms with van der Waals surface area (Å²) in [5.74, 6) is 1.39. The summed E-state index contributed by atoms with van der Waals surface area (Å²) in [7, 11) is 0. The number of unbranched alkanes of at least 4 members (excludes halogenated alkanes) is 12. The van der Waals surface area contributed by atoms with Gasteiger partial charge in [0.15, 0.2) is 5.82 Å². The Bertz CT molecular complexity index is 917. The van der Waals surface area contributed by atoms with E-state index in [1.54, 1.807) is 0 Å². The molecule has 1 aliphatic rings. The molecule has 38 heavy (non-hydrogen) atoms. The summed E-state index contributed by atoms with van der Waals surface area (Å²) in [6, 6.07) is 11.7. The number of aromatic nitrogens is 2. The first-order valence-corrected chi connectivity index (χ1v) is 16.0. The summed E-state index contributed by atoms with van der Waals surface area (Å²) < 4.78 is 0. The molecule has 3 nitrogen and oxygen atoms in total. The van der Waals surface area contributed by atoms with E-state index in [-0.39, 0.29) is 5.41 Å². The Morgan fingerprint density at radius 1 is 0.737 bits per heavy atom. The number of nitriles is 1. The Kier molecular flexibility index (Phi) is 13.9. The SMILES string of the molecule is CCCCCCCCCc1cnc(-c2ccc([C@H]3CC[C@@](C#N)(CCCCCCCCC)CC3)cc2)nc1. The molecule has 3 rings (SSSR count). The quantitative estimate of drug-likeness (QED) is 0.185. The van der Waals surface area contributed by atoms with Crippen molar-refractivity contribution in [3.05, 3.63) is 47.8 Å². The van der Waals surface area contributed by atoms with E-state index in [0.29, 0.717) is 5.92 Å². The average Bonchev–Trinajstić information content (AvgIpc) is 2.97. The van der Waals surface area contributed by atoms with Crippen molar-refractivity contribution in [2.45, 2.75) is 148 Å². The number of aryl methyl sites for hydroxylation is 1. The van der Waals surface area contributed by atoms with Crippen LogP contribution in [0.4, 0.5) is 0 Å². The van der Waals surface area contributed by atoms with E-state index >= 15 is 0 Å². The predicted octanol–water partition coefficient (Wildman–Crippen LogP) is 10.7. The molecule has 1 fully saturated rings. The van der Waals surface area contributed by atoms with E-state index in [2.05, 4.69) is 54.2 Å². The van der Waals surface area contributed by atoms with Crippen molar-refractivity contribution >= 4 is 0 Å². The van der Waals surface area contributed by atoms with Gasteiger partial charge in [0.05, 0.1) is 11.5 Å². The molecule has 1 aromatic heterocycles. The molecular formula is C35H53N3. The third-order valence-corrected chi connectivity index (χ3v) is 8.85. The van der Waals surface area contributed by atoms with E-state index in [9.17, 15) is 5.26 Å². The number of nitrogens with zero attached hydrogens (tertiary/aromatic N) is 3. The van der Waals surface area contributed by atoms with Crippen molar-refractivity contribution in [1.82, 2.24) is 9.97 Å². The molecule has 0 aliphatic heterocycles. The zero-order chi connectivity index (χ0) is 26.9. The van der Waals surface area contributed by atoms with Gasteiger partial charge >= 0.3 is 0 Å². The highest BCUT2D eigenvalue weighted by Gasteiger charge is 2.35. The Labute approximate surface area is 233 Å². The molecule has 0 atom stereocenters. The van der Waals surface area contributed by atoms with E-state index in [4.69, 9.17) is 0 Å². The second-order valence-electron chi connectivity index (χ2n) is 11.9. The molecule has 1 aromatic carbocycles. The van der Waals surface area contributed by atoms with Crippen LogP contribution in [0.15, 0.2) is 36.7 Å². The van der Waals surface area contributed by atoms with E-state index in [1.165, 1.54) is 101 Å². The van der Waals surface area contributed by atoms with Crippen LogP contribution in [-0.4, -0.2) is 9.97 Å². The van der Waals surface area contributed by atoms with Crippen LogP contribution in [0.2, 0.25) is 0 Å². The van der Waals surface area contributed by atoms with E-state index in [1.807, 2.05) is 12.4 Å². The van der Waals surface area contributed by atoms with Crippen LogP contribution in [0.25, 0.3) is 11.4 Å². The number of rotatable bonds is 18. The maximum absolute atomic E-state index is 9.99. The van der Waals surface area contributed by atoms with Crippen molar-refractivity contribution in [3.63, 3.8) is 0 Å². The Morgan fingerprint density at radius 3 is 1.82 bits per heavy atom. The fourth-order valence-electron chi connectivity index (χ4n) is 6.17. The van der Waals surface area contributed by atoms with Crippen LogP contribution in [0.1, 0.15) is 153 Å². The van der Waals surface area contributed by atoms with Gasteiger partial charge in [0.2, 0.25) is 0 Å². The van der Waals surface area contributed by atoms with Gasteiger partial charge in [-0.2, -0.15) is 5.26 Å². The van der Waals surface area contributed by atoms with Gasteiger partial charge in [-0.05, 0) is 62.0 Å². The summed E-state index contributed by atoms with van der Waals surface area (Å²) in [6.07, 6.45) is 29.2. The monoisotopic (exact) mass is 515 g/mol. The molecule has 3 heteroatoms. The highest BCUT2D eigenvalue weighted by atomic mass is 14.9. The summed E-state index contributed by atoms with van der Waals surface area (Å²) >= 11 is 0. The average molecular weight is 516 g/mol. The van der Waals surface area contributed by atoms with Crippen LogP contribution in [-0.2, 0) is 6.42 Å². The minimum atomic E-state index is -0.0789. The number of hydrogen-bond donors (Lipinski definition) is 0. The highest BCUT2D eigenvalue weighted by Crippen LogP contribution is 2.45. The third kappa shape index (κ3) is 10.2. The van der Waals surface area contributed by atoms with Crippen LogP contribution in [0.5, 0.6) is 0 Å². The Balaban J connectivity index is 1.40. The summed E-state index contributed by atoms with van der Waals surface area (Å²) in [5, 5.41) is 9.99. The predicted molar refractivity (Wildman–Crippen MR) is 161 cm³/mol. The fraction of sp³-hybridized carbons (Fsp3) is 0.686. The molecule has 0 saturated heterocycles. The normalized spacial score (nSPS) is 19.3. The van der Waals surface area contributed by atoms with Crippen LogP contribution in [0, 0.1) is 16.7 Å². The maximum Gasteiger partial charge on any atom is 0.159 e. The second kappa shape index (κ2) is 17.4. The lowest BCUT2D eigenvalue weighted by Crippen LogP contribution is -2.25. The molecule has 0 N–H and O–H groups in total. The molecule has 0 unspecified atom stereocenters. The van der Waals surface area contributed by atoms with Crippen molar-refractivity contribution in [3.8, 4) is 17.5 Å². The van der Waals surface area contributed by atoms with Gasteiger partial charge in [-0.15, -0.1) is 0 Å². The third-order valence-electron chi connectivity index (χ3n) is 8.85. The minimum Gasteiger partial charge on any atom is -0.236 e. The maximum atomic E-state index is 9.99. The van der Waals surface area contributed by atoms with Crippen molar-refractivity contribution < 1.29 is 0 Å².